The van der Waals surface area contributed by atoms with Gasteiger partial charge in [-0.3, -0.25) is 4.79 Å². The summed E-state index contributed by atoms with van der Waals surface area (Å²) in [7, 11) is 0. The lowest BCUT2D eigenvalue weighted by atomic mass is 10.1. The van der Waals surface area contributed by atoms with E-state index in [-0.39, 0.29) is 5.91 Å². The summed E-state index contributed by atoms with van der Waals surface area (Å²) >= 11 is 0. The Kier molecular flexibility index (Phi) is 5.59. The summed E-state index contributed by atoms with van der Waals surface area (Å²) in [4.78, 5) is 12.1. The van der Waals surface area contributed by atoms with Crippen LogP contribution in [-0.4, -0.2) is 19.1 Å². The Hall–Kier alpha value is -2.55. The second-order valence-corrected chi connectivity index (χ2v) is 4.62. The molecule has 0 saturated carbocycles. The summed E-state index contributed by atoms with van der Waals surface area (Å²) < 4.78 is 5.42. The Morgan fingerprint density at radius 1 is 1.14 bits per heavy atom. The molecule has 0 aliphatic heterocycles. The zero-order valence-corrected chi connectivity index (χ0v) is 11.9. The highest BCUT2D eigenvalue weighted by Gasteiger charge is 2.06. The molecule has 1 amide bonds. The minimum absolute atomic E-state index is 0.0880. The van der Waals surface area contributed by atoms with Crippen LogP contribution in [-0.2, 0) is 6.42 Å². The van der Waals surface area contributed by atoms with Gasteiger partial charge >= 0.3 is 0 Å². The summed E-state index contributed by atoms with van der Waals surface area (Å²) in [5, 5.41) is 2.92. The fraction of sp³-hybridized carbons (Fsp3) is 0.167. The van der Waals surface area contributed by atoms with Gasteiger partial charge in [-0.05, 0) is 30.2 Å². The lowest BCUT2D eigenvalue weighted by Crippen LogP contribution is -2.25. The zero-order chi connectivity index (χ0) is 14.9. The van der Waals surface area contributed by atoms with Crippen LogP contribution in [0, 0.1) is 0 Å². The molecule has 0 bridgehead atoms. The largest absolute Gasteiger partial charge is 0.490 e. The second kappa shape index (κ2) is 7.90. The van der Waals surface area contributed by atoms with Crippen molar-refractivity contribution in [3.05, 3.63) is 78.4 Å². The average molecular weight is 281 g/mol. The van der Waals surface area contributed by atoms with E-state index < -0.39 is 0 Å². The third-order valence-corrected chi connectivity index (χ3v) is 3.01. The number of hydrogen-bond acceptors (Lipinski definition) is 2. The highest BCUT2D eigenvalue weighted by molar-refractivity contribution is 5.94. The number of rotatable bonds is 7. The van der Waals surface area contributed by atoms with Gasteiger partial charge in [-0.2, -0.15) is 0 Å². The van der Waals surface area contributed by atoms with Gasteiger partial charge in [0.25, 0.3) is 5.91 Å². The van der Waals surface area contributed by atoms with E-state index in [0.29, 0.717) is 24.5 Å². The predicted molar refractivity (Wildman–Crippen MR) is 84.6 cm³/mol. The maximum atomic E-state index is 12.1. The maximum absolute atomic E-state index is 12.1. The summed E-state index contributed by atoms with van der Waals surface area (Å²) in [5.41, 5.74) is 1.81. The molecule has 0 fully saturated rings. The van der Waals surface area contributed by atoms with Gasteiger partial charge in [0.1, 0.15) is 12.4 Å². The molecule has 2 aromatic rings. The standard InChI is InChI=1S/C18H19NO2/c1-2-13-21-17-10-6-9-16(14-17)18(20)19-12-11-15-7-4-3-5-8-15/h2-10,14H,1,11-13H2,(H,19,20). The van der Waals surface area contributed by atoms with Crippen molar-refractivity contribution < 1.29 is 9.53 Å². The van der Waals surface area contributed by atoms with Gasteiger partial charge in [0, 0.05) is 12.1 Å². The lowest BCUT2D eigenvalue weighted by molar-refractivity contribution is 0.0953. The van der Waals surface area contributed by atoms with Gasteiger partial charge in [-0.25, -0.2) is 0 Å². The Morgan fingerprint density at radius 3 is 2.71 bits per heavy atom. The normalized spacial score (nSPS) is 9.90. The van der Waals surface area contributed by atoms with E-state index in [1.807, 2.05) is 30.3 Å². The van der Waals surface area contributed by atoms with Gasteiger partial charge < -0.3 is 10.1 Å². The molecule has 108 valence electrons. The van der Waals surface area contributed by atoms with Gasteiger partial charge in [-0.15, -0.1) is 0 Å². The molecular weight excluding hydrogens is 262 g/mol. The molecule has 21 heavy (non-hydrogen) atoms. The van der Waals surface area contributed by atoms with E-state index >= 15 is 0 Å². The molecule has 0 aliphatic carbocycles. The number of hydrogen-bond donors (Lipinski definition) is 1. The summed E-state index contributed by atoms with van der Waals surface area (Å²) in [5.74, 6) is 0.584. The van der Waals surface area contributed by atoms with E-state index in [1.165, 1.54) is 5.56 Å². The van der Waals surface area contributed by atoms with Crippen LogP contribution >= 0.6 is 0 Å². The predicted octanol–water partition coefficient (Wildman–Crippen LogP) is 3.22. The highest BCUT2D eigenvalue weighted by Crippen LogP contribution is 2.13. The van der Waals surface area contributed by atoms with E-state index in [1.54, 1.807) is 18.2 Å². The van der Waals surface area contributed by atoms with Crippen LogP contribution in [0.2, 0.25) is 0 Å². The van der Waals surface area contributed by atoms with Crippen LogP contribution in [0.1, 0.15) is 15.9 Å². The Morgan fingerprint density at radius 2 is 1.95 bits per heavy atom. The third-order valence-electron chi connectivity index (χ3n) is 3.01. The molecule has 2 rings (SSSR count). The Labute approximate surface area is 125 Å². The van der Waals surface area contributed by atoms with Crippen molar-refractivity contribution in [1.82, 2.24) is 5.32 Å². The van der Waals surface area contributed by atoms with Crippen LogP contribution in [0.4, 0.5) is 0 Å². The number of carbonyl (C=O) groups is 1. The lowest BCUT2D eigenvalue weighted by Gasteiger charge is -2.07. The highest BCUT2D eigenvalue weighted by atomic mass is 16.5. The molecule has 3 nitrogen and oxygen atoms in total. The third kappa shape index (κ3) is 4.80. The van der Waals surface area contributed by atoms with Crippen LogP contribution in [0.5, 0.6) is 5.75 Å². The van der Waals surface area contributed by atoms with E-state index in [4.69, 9.17) is 4.74 Å². The molecule has 0 aromatic heterocycles. The van der Waals surface area contributed by atoms with Gasteiger partial charge in [-0.1, -0.05) is 49.1 Å². The minimum atomic E-state index is -0.0880. The van der Waals surface area contributed by atoms with Crippen LogP contribution in [0.15, 0.2) is 67.3 Å². The molecule has 1 N–H and O–H groups in total. The average Bonchev–Trinajstić information content (AvgIpc) is 2.54. The van der Waals surface area contributed by atoms with Gasteiger partial charge in [0.15, 0.2) is 0 Å². The van der Waals surface area contributed by atoms with E-state index in [9.17, 15) is 4.79 Å². The number of ether oxygens (including phenoxy) is 1. The number of benzene rings is 2. The zero-order valence-electron chi connectivity index (χ0n) is 11.9. The van der Waals surface area contributed by atoms with Crippen LogP contribution in [0.25, 0.3) is 0 Å². The molecule has 0 heterocycles. The fourth-order valence-electron chi connectivity index (χ4n) is 1.95. The van der Waals surface area contributed by atoms with E-state index in [2.05, 4.69) is 24.0 Å². The van der Waals surface area contributed by atoms with E-state index in [0.717, 1.165) is 6.42 Å². The van der Waals surface area contributed by atoms with Crippen molar-refractivity contribution in [2.24, 2.45) is 0 Å². The minimum Gasteiger partial charge on any atom is -0.490 e. The van der Waals surface area contributed by atoms with Crippen molar-refractivity contribution in [2.45, 2.75) is 6.42 Å². The van der Waals surface area contributed by atoms with Crippen LogP contribution in [0.3, 0.4) is 0 Å². The first-order valence-electron chi connectivity index (χ1n) is 6.95. The Balaban J connectivity index is 1.86. The first kappa shape index (κ1) is 14.9. The SMILES string of the molecule is C=CCOc1cccc(C(=O)NCCc2ccccc2)c1. The topological polar surface area (TPSA) is 38.3 Å². The molecule has 0 spiro atoms. The first-order valence-corrected chi connectivity index (χ1v) is 6.95. The summed E-state index contributed by atoms with van der Waals surface area (Å²) in [6, 6.07) is 17.2. The summed E-state index contributed by atoms with van der Waals surface area (Å²) in [6.45, 7) is 4.64. The van der Waals surface area contributed by atoms with Crippen molar-refractivity contribution in [2.75, 3.05) is 13.2 Å². The van der Waals surface area contributed by atoms with Crippen molar-refractivity contribution in [1.29, 1.82) is 0 Å². The Bertz CT molecular complexity index is 593. The molecule has 0 saturated heterocycles. The fourth-order valence-corrected chi connectivity index (χ4v) is 1.95. The molecular formula is C18H19NO2. The first-order chi connectivity index (χ1) is 10.3. The van der Waals surface area contributed by atoms with Crippen molar-refractivity contribution >= 4 is 5.91 Å². The molecule has 0 atom stereocenters. The molecule has 0 unspecified atom stereocenters. The smallest absolute Gasteiger partial charge is 0.251 e. The number of carbonyl (C=O) groups excluding carboxylic acids is 1. The second-order valence-electron chi connectivity index (χ2n) is 4.62. The molecule has 3 heteroatoms. The maximum Gasteiger partial charge on any atom is 0.251 e. The summed E-state index contributed by atoms with van der Waals surface area (Å²) in [6.07, 6.45) is 2.49. The quantitative estimate of drug-likeness (QED) is 0.791. The van der Waals surface area contributed by atoms with Crippen molar-refractivity contribution in [3.8, 4) is 5.75 Å². The van der Waals surface area contributed by atoms with Crippen LogP contribution < -0.4 is 10.1 Å². The number of nitrogens with one attached hydrogen (secondary N) is 1. The molecule has 0 aliphatic rings. The van der Waals surface area contributed by atoms with Gasteiger partial charge in [0.05, 0.1) is 0 Å². The van der Waals surface area contributed by atoms with Crippen molar-refractivity contribution in [3.63, 3.8) is 0 Å². The molecule has 2 aromatic carbocycles. The number of amides is 1. The monoisotopic (exact) mass is 281 g/mol. The molecule has 0 radical (unpaired) electrons. The van der Waals surface area contributed by atoms with Gasteiger partial charge in [0.2, 0.25) is 0 Å².